The first kappa shape index (κ1) is 20.0. The van der Waals surface area contributed by atoms with Crippen molar-refractivity contribution in [2.24, 2.45) is 5.14 Å². The Kier molecular flexibility index (Phi) is 8.40. The summed E-state index contributed by atoms with van der Waals surface area (Å²) in [5, 5.41) is 5.71. The van der Waals surface area contributed by atoms with Crippen LogP contribution in [0.25, 0.3) is 0 Å². The maximum Gasteiger partial charge on any atom is 0.387 e. The van der Waals surface area contributed by atoms with Gasteiger partial charge >= 0.3 is 6.61 Å². The zero-order valence-electron chi connectivity index (χ0n) is 12.1. The van der Waals surface area contributed by atoms with E-state index in [0.29, 0.717) is 20.6 Å². The SMILES string of the molecule is CC(C)(C)SN.Cc1cc(Cl)c(Br)c(C)c1OC(F)F. The molecule has 0 bridgehead atoms. The molecule has 0 fully saturated rings. The van der Waals surface area contributed by atoms with Crippen molar-refractivity contribution >= 4 is 39.5 Å². The van der Waals surface area contributed by atoms with Crippen LogP contribution in [-0.2, 0) is 0 Å². The Morgan fingerprint density at radius 2 is 1.80 bits per heavy atom. The Morgan fingerprint density at radius 3 is 2.15 bits per heavy atom. The molecule has 7 heteroatoms. The van der Waals surface area contributed by atoms with Gasteiger partial charge in [0.05, 0.1) is 5.02 Å². The number of halogens is 4. The molecule has 1 aromatic carbocycles. The van der Waals surface area contributed by atoms with Gasteiger partial charge in [0, 0.05) is 14.8 Å². The van der Waals surface area contributed by atoms with Crippen molar-refractivity contribution < 1.29 is 13.5 Å². The number of rotatable bonds is 2. The van der Waals surface area contributed by atoms with E-state index < -0.39 is 6.61 Å². The molecule has 0 heterocycles. The lowest BCUT2D eigenvalue weighted by atomic mass is 10.1. The highest BCUT2D eigenvalue weighted by molar-refractivity contribution is 9.10. The van der Waals surface area contributed by atoms with Gasteiger partial charge in [0.2, 0.25) is 0 Å². The zero-order chi connectivity index (χ0) is 16.1. The van der Waals surface area contributed by atoms with E-state index in [4.69, 9.17) is 16.7 Å². The number of benzene rings is 1. The Hall–Kier alpha value is -0.0400. The molecule has 0 aromatic heterocycles. The third-order valence-electron chi connectivity index (χ3n) is 2.14. The van der Waals surface area contributed by atoms with Crippen molar-refractivity contribution in [2.45, 2.75) is 46.0 Å². The Bertz CT molecular complexity index is 453. The van der Waals surface area contributed by atoms with Crippen LogP contribution in [0, 0.1) is 13.8 Å². The molecule has 20 heavy (non-hydrogen) atoms. The molecule has 0 aliphatic heterocycles. The first-order valence-corrected chi connectivity index (χ1v) is 7.82. The highest BCUT2D eigenvalue weighted by Crippen LogP contribution is 2.36. The molecule has 0 aliphatic carbocycles. The first-order valence-electron chi connectivity index (χ1n) is 5.77. The molecule has 0 saturated carbocycles. The normalized spacial score (nSPS) is 11.2. The van der Waals surface area contributed by atoms with Crippen molar-refractivity contribution in [1.29, 1.82) is 0 Å². The van der Waals surface area contributed by atoms with Crippen LogP contribution in [0.15, 0.2) is 10.5 Å². The third-order valence-corrected chi connectivity index (χ3v) is 4.40. The first-order chi connectivity index (χ1) is 8.99. The van der Waals surface area contributed by atoms with E-state index in [1.54, 1.807) is 19.9 Å². The summed E-state index contributed by atoms with van der Waals surface area (Å²) in [6.45, 7) is 6.76. The van der Waals surface area contributed by atoms with E-state index in [0.717, 1.165) is 0 Å². The van der Waals surface area contributed by atoms with E-state index in [1.165, 1.54) is 11.9 Å². The minimum absolute atomic E-state index is 0.177. The summed E-state index contributed by atoms with van der Waals surface area (Å²) < 4.78 is 29.3. The molecular formula is C13H19BrClF2NOS. The van der Waals surface area contributed by atoms with E-state index in [2.05, 4.69) is 41.4 Å². The lowest BCUT2D eigenvalue weighted by Gasteiger charge is -2.13. The third kappa shape index (κ3) is 7.11. The molecule has 0 aliphatic rings. The van der Waals surface area contributed by atoms with Crippen molar-refractivity contribution in [1.82, 2.24) is 0 Å². The second-order valence-corrected chi connectivity index (χ2v) is 7.71. The van der Waals surface area contributed by atoms with Gasteiger partial charge in [-0.2, -0.15) is 8.78 Å². The maximum absolute atomic E-state index is 12.0. The average molecular weight is 391 g/mol. The quantitative estimate of drug-likeness (QED) is 0.657. The fraction of sp³-hybridized carbons (Fsp3) is 0.538. The van der Waals surface area contributed by atoms with E-state index in [1.807, 2.05) is 0 Å². The molecule has 1 rings (SSSR count). The molecule has 0 unspecified atom stereocenters. The molecule has 1 aromatic rings. The smallest absolute Gasteiger partial charge is 0.387 e. The second kappa shape index (κ2) is 8.41. The average Bonchev–Trinajstić information content (AvgIpc) is 2.32. The fourth-order valence-corrected chi connectivity index (χ4v) is 1.76. The highest BCUT2D eigenvalue weighted by Gasteiger charge is 2.14. The van der Waals surface area contributed by atoms with E-state index >= 15 is 0 Å². The molecule has 0 saturated heterocycles. The van der Waals surface area contributed by atoms with Crippen molar-refractivity contribution in [2.75, 3.05) is 0 Å². The summed E-state index contributed by atoms with van der Waals surface area (Å²) in [5.41, 5.74) is 1.17. The minimum Gasteiger partial charge on any atom is -0.434 e. The number of ether oxygens (including phenoxy) is 1. The summed E-state index contributed by atoms with van der Waals surface area (Å²) in [6.07, 6.45) is 0. The fourth-order valence-electron chi connectivity index (χ4n) is 1.16. The molecule has 2 nitrogen and oxygen atoms in total. The predicted octanol–water partition coefficient (Wildman–Crippen LogP) is 5.71. The van der Waals surface area contributed by atoms with Crippen LogP contribution in [-0.4, -0.2) is 11.4 Å². The summed E-state index contributed by atoms with van der Waals surface area (Å²) in [6, 6.07) is 1.58. The van der Waals surface area contributed by atoms with E-state index in [9.17, 15) is 8.78 Å². The molecule has 0 radical (unpaired) electrons. The Morgan fingerprint density at radius 1 is 1.35 bits per heavy atom. The number of aryl methyl sites for hydroxylation is 1. The number of hydrogen-bond acceptors (Lipinski definition) is 3. The molecule has 116 valence electrons. The lowest BCUT2D eigenvalue weighted by molar-refractivity contribution is -0.0507. The van der Waals surface area contributed by atoms with Gasteiger partial charge in [0.15, 0.2) is 0 Å². The topological polar surface area (TPSA) is 35.2 Å². The molecular weight excluding hydrogens is 372 g/mol. The maximum atomic E-state index is 12.0. The number of nitrogens with two attached hydrogens (primary N) is 1. The van der Waals surface area contributed by atoms with Crippen molar-refractivity contribution in [3.63, 3.8) is 0 Å². The summed E-state index contributed by atoms with van der Waals surface area (Å²) >= 11 is 10.4. The van der Waals surface area contributed by atoms with Crippen LogP contribution in [0.5, 0.6) is 5.75 Å². The predicted molar refractivity (Wildman–Crippen MR) is 86.8 cm³/mol. The molecule has 2 N–H and O–H groups in total. The molecule has 0 atom stereocenters. The molecule has 0 spiro atoms. The van der Waals surface area contributed by atoms with Crippen LogP contribution < -0.4 is 9.88 Å². The van der Waals surface area contributed by atoms with Crippen LogP contribution in [0.3, 0.4) is 0 Å². The van der Waals surface area contributed by atoms with Crippen LogP contribution in [0.4, 0.5) is 8.78 Å². The van der Waals surface area contributed by atoms with Gasteiger partial charge in [-0.3, -0.25) is 5.14 Å². The number of hydrogen-bond donors (Lipinski definition) is 1. The summed E-state index contributed by atoms with van der Waals surface area (Å²) in [7, 11) is 0. The zero-order valence-corrected chi connectivity index (χ0v) is 15.2. The minimum atomic E-state index is -2.82. The van der Waals surface area contributed by atoms with E-state index in [-0.39, 0.29) is 10.5 Å². The van der Waals surface area contributed by atoms with Gasteiger partial charge in [-0.1, -0.05) is 23.5 Å². The van der Waals surface area contributed by atoms with Crippen LogP contribution in [0.2, 0.25) is 5.02 Å². The van der Waals surface area contributed by atoms with Crippen LogP contribution in [0.1, 0.15) is 31.9 Å². The van der Waals surface area contributed by atoms with Crippen LogP contribution >= 0.6 is 39.5 Å². The van der Waals surface area contributed by atoms with Crippen molar-refractivity contribution in [3.8, 4) is 5.75 Å². The Labute approximate surface area is 136 Å². The monoisotopic (exact) mass is 389 g/mol. The Balaban J connectivity index is 0.000000511. The van der Waals surface area contributed by atoms with Gasteiger partial charge in [-0.15, -0.1) is 0 Å². The summed E-state index contributed by atoms with van der Waals surface area (Å²) in [4.78, 5) is 0. The standard InChI is InChI=1S/C9H8BrClF2O.C4H11NS/c1-4-3-6(11)7(10)5(2)8(4)14-9(12)13;1-4(2,3)6-5/h3,9H,1-2H3;5H2,1-3H3. The second-order valence-electron chi connectivity index (χ2n) is 5.05. The van der Waals surface area contributed by atoms with Gasteiger partial charge in [0.25, 0.3) is 0 Å². The number of alkyl halides is 2. The van der Waals surface area contributed by atoms with Gasteiger partial charge in [-0.05, 0) is 62.2 Å². The van der Waals surface area contributed by atoms with Gasteiger partial charge in [-0.25, -0.2) is 0 Å². The molecule has 0 amide bonds. The largest absolute Gasteiger partial charge is 0.434 e. The highest BCUT2D eigenvalue weighted by atomic mass is 79.9. The summed E-state index contributed by atoms with van der Waals surface area (Å²) in [5.74, 6) is 0.177. The lowest BCUT2D eigenvalue weighted by Crippen LogP contribution is -2.09. The van der Waals surface area contributed by atoms with Crippen molar-refractivity contribution in [3.05, 3.63) is 26.7 Å². The van der Waals surface area contributed by atoms with Gasteiger partial charge in [0.1, 0.15) is 5.75 Å². The van der Waals surface area contributed by atoms with Gasteiger partial charge < -0.3 is 4.74 Å².